The Labute approximate surface area is 45.8 Å². The summed E-state index contributed by atoms with van der Waals surface area (Å²) in [7, 11) is 0. The second-order valence-electron chi connectivity index (χ2n) is 0. The Morgan fingerprint density at radius 1 is 0.750 bits per heavy atom. The molecule has 4 heavy (non-hydrogen) atoms. The predicted molar refractivity (Wildman–Crippen MR) is 1.37 cm³/mol. The summed E-state index contributed by atoms with van der Waals surface area (Å²) < 4.78 is 0. The van der Waals surface area contributed by atoms with Gasteiger partial charge in [0.2, 0.25) is 0 Å². The van der Waals surface area contributed by atoms with Crippen LogP contribution in [-0.4, -0.2) is 0 Å². The van der Waals surface area contributed by atoms with E-state index in [0.717, 1.165) is 0 Å². The SMILES string of the molecule is [Cr+3].[Cu+].[O-2].[O-2]. The summed E-state index contributed by atoms with van der Waals surface area (Å²) in [5.74, 6) is 0. The zero-order valence-corrected chi connectivity index (χ0v) is 3.74. The molecular formula is CrCuO2. The van der Waals surface area contributed by atoms with E-state index in [-0.39, 0.29) is 45.4 Å². The van der Waals surface area contributed by atoms with Gasteiger partial charge in [0.1, 0.15) is 0 Å². The van der Waals surface area contributed by atoms with Crippen molar-refractivity contribution in [1.82, 2.24) is 0 Å². The third-order valence-corrected chi connectivity index (χ3v) is 0. The molecule has 0 aromatic rings. The standard InChI is InChI=1S/Cr.Cu.2O/q+3;+1;2*-2. The zero-order valence-electron chi connectivity index (χ0n) is 1.53. The molecule has 0 saturated carbocycles. The van der Waals surface area contributed by atoms with E-state index in [0.29, 0.717) is 0 Å². The van der Waals surface area contributed by atoms with Crippen molar-refractivity contribution in [2.24, 2.45) is 0 Å². The molecule has 0 heterocycles. The molecule has 0 aliphatic heterocycles. The summed E-state index contributed by atoms with van der Waals surface area (Å²) in [5.41, 5.74) is 0. The summed E-state index contributed by atoms with van der Waals surface area (Å²) in [6, 6.07) is 0. The summed E-state index contributed by atoms with van der Waals surface area (Å²) in [4.78, 5) is 0. The molecule has 0 unspecified atom stereocenters. The van der Waals surface area contributed by atoms with E-state index < -0.39 is 0 Å². The maximum Gasteiger partial charge on any atom is 3.00 e. The van der Waals surface area contributed by atoms with Gasteiger partial charge in [0.15, 0.2) is 0 Å². The van der Waals surface area contributed by atoms with Crippen molar-refractivity contribution in [3.63, 3.8) is 0 Å². The molecule has 0 aliphatic rings. The summed E-state index contributed by atoms with van der Waals surface area (Å²) in [5, 5.41) is 0. The number of hydrogen-bond donors (Lipinski definition) is 0. The van der Waals surface area contributed by atoms with Crippen LogP contribution in [0, 0.1) is 0 Å². The second-order valence-corrected chi connectivity index (χ2v) is 0. The molecular weight excluding hydrogens is 148 g/mol. The van der Waals surface area contributed by atoms with Crippen molar-refractivity contribution in [2.75, 3.05) is 0 Å². The van der Waals surface area contributed by atoms with Crippen LogP contribution < -0.4 is 0 Å². The Hall–Kier alpha value is 0.972. The average molecular weight is 148 g/mol. The minimum atomic E-state index is 0. The van der Waals surface area contributed by atoms with Crippen LogP contribution in [-0.2, 0) is 45.4 Å². The van der Waals surface area contributed by atoms with Gasteiger partial charge in [0.25, 0.3) is 0 Å². The van der Waals surface area contributed by atoms with Crippen molar-refractivity contribution >= 4 is 0 Å². The van der Waals surface area contributed by atoms with E-state index in [1.54, 1.807) is 0 Å². The van der Waals surface area contributed by atoms with Crippen LogP contribution in [0.5, 0.6) is 0 Å². The van der Waals surface area contributed by atoms with E-state index in [2.05, 4.69) is 0 Å². The second kappa shape index (κ2) is 37.1. The van der Waals surface area contributed by atoms with E-state index >= 15 is 0 Å². The molecule has 0 spiro atoms. The maximum absolute atomic E-state index is 0. The molecule has 0 rings (SSSR count). The van der Waals surface area contributed by atoms with E-state index in [1.165, 1.54) is 0 Å². The zero-order chi connectivity index (χ0) is 0. The summed E-state index contributed by atoms with van der Waals surface area (Å²) in [6.07, 6.45) is 0. The molecule has 0 amide bonds. The monoisotopic (exact) mass is 147 g/mol. The third-order valence-electron chi connectivity index (χ3n) is 0. The smallest absolute Gasteiger partial charge is 2.00 e. The molecule has 0 aromatic heterocycles. The van der Waals surface area contributed by atoms with Crippen LogP contribution in [0.3, 0.4) is 0 Å². The fraction of sp³-hybridized carbons (Fsp3) is 0. The fourth-order valence-corrected chi connectivity index (χ4v) is 0. The van der Waals surface area contributed by atoms with Gasteiger partial charge in [-0.2, -0.15) is 0 Å². The van der Waals surface area contributed by atoms with Crippen LogP contribution in [0.25, 0.3) is 0 Å². The van der Waals surface area contributed by atoms with Gasteiger partial charge in [-0.25, -0.2) is 0 Å². The molecule has 0 bridgehead atoms. The summed E-state index contributed by atoms with van der Waals surface area (Å²) >= 11 is 0. The molecule has 1 radical (unpaired) electrons. The topological polar surface area (TPSA) is 57.0 Å². The Kier molecular flexibility index (Phi) is 771. The fourth-order valence-electron chi connectivity index (χ4n) is 0. The normalized spacial score (nSPS) is 0. The Morgan fingerprint density at radius 2 is 0.750 bits per heavy atom. The van der Waals surface area contributed by atoms with Crippen LogP contribution in [0.2, 0.25) is 0 Å². The molecule has 29 valence electrons. The van der Waals surface area contributed by atoms with E-state index in [4.69, 9.17) is 0 Å². The first-order valence-corrected chi connectivity index (χ1v) is 0. The molecule has 0 aromatic carbocycles. The molecule has 4 heteroatoms. The Bertz CT molecular complexity index is 6.00. The molecule has 0 aliphatic carbocycles. The summed E-state index contributed by atoms with van der Waals surface area (Å²) in [6.45, 7) is 0. The molecule has 0 saturated heterocycles. The van der Waals surface area contributed by atoms with Crippen molar-refractivity contribution in [3.8, 4) is 0 Å². The van der Waals surface area contributed by atoms with Crippen molar-refractivity contribution < 1.29 is 45.4 Å². The Balaban J connectivity index is 0. The largest absolute Gasteiger partial charge is 3.00 e. The van der Waals surface area contributed by atoms with Gasteiger partial charge in [-0.15, -0.1) is 0 Å². The number of hydrogen-bond acceptors (Lipinski definition) is 0. The van der Waals surface area contributed by atoms with Gasteiger partial charge >= 0.3 is 34.4 Å². The minimum absolute atomic E-state index is 0. The van der Waals surface area contributed by atoms with Gasteiger partial charge in [-0.3, -0.25) is 0 Å². The van der Waals surface area contributed by atoms with Crippen molar-refractivity contribution in [3.05, 3.63) is 0 Å². The molecule has 2 nitrogen and oxygen atoms in total. The van der Waals surface area contributed by atoms with Crippen LogP contribution in [0.1, 0.15) is 0 Å². The minimum Gasteiger partial charge on any atom is -2.00 e. The first-order valence-electron chi connectivity index (χ1n) is 0. The first-order chi connectivity index (χ1) is 0. The molecule has 0 atom stereocenters. The Morgan fingerprint density at radius 3 is 0.750 bits per heavy atom. The van der Waals surface area contributed by atoms with Gasteiger partial charge in [0.05, 0.1) is 0 Å². The molecule has 0 fully saturated rings. The van der Waals surface area contributed by atoms with Crippen LogP contribution in [0.4, 0.5) is 0 Å². The van der Waals surface area contributed by atoms with E-state index in [9.17, 15) is 0 Å². The maximum atomic E-state index is 0. The van der Waals surface area contributed by atoms with Crippen LogP contribution in [0.15, 0.2) is 0 Å². The van der Waals surface area contributed by atoms with Crippen molar-refractivity contribution in [2.45, 2.75) is 0 Å². The van der Waals surface area contributed by atoms with Gasteiger partial charge in [0, 0.05) is 0 Å². The third kappa shape index (κ3) is 12.2. The first kappa shape index (κ1) is 83.0. The average Bonchev–Trinajstić information content (AvgIpc) is 0. The quantitative estimate of drug-likeness (QED) is 0.425. The van der Waals surface area contributed by atoms with Crippen molar-refractivity contribution in [1.29, 1.82) is 0 Å². The van der Waals surface area contributed by atoms with Gasteiger partial charge < -0.3 is 11.0 Å². The predicted octanol–water partition coefficient (Wildman–Crippen LogP) is -0.243. The van der Waals surface area contributed by atoms with Gasteiger partial charge in [-0.05, 0) is 0 Å². The number of rotatable bonds is 0. The molecule has 0 N–H and O–H groups in total. The van der Waals surface area contributed by atoms with Gasteiger partial charge in [-0.1, -0.05) is 0 Å². The van der Waals surface area contributed by atoms with Crippen LogP contribution >= 0.6 is 0 Å². The van der Waals surface area contributed by atoms with E-state index in [1.807, 2.05) is 0 Å².